The smallest absolute Gasteiger partial charge is 0.342 e. The summed E-state index contributed by atoms with van der Waals surface area (Å²) in [5, 5.41) is 0. The molecule has 6 heteroatoms. The average Bonchev–Trinajstić information content (AvgIpc) is 3.07. The van der Waals surface area contributed by atoms with Gasteiger partial charge in [-0.15, -0.1) is 0 Å². The van der Waals surface area contributed by atoms with Gasteiger partial charge in [-0.3, -0.25) is 4.79 Å². The molecular weight excluding hydrogens is 394 g/mol. The first-order chi connectivity index (χ1) is 15.0. The summed E-state index contributed by atoms with van der Waals surface area (Å²) < 4.78 is 18.3. The van der Waals surface area contributed by atoms with Crippen molar-refractivity contribution in [1.82, 2.24) is 4.57 Å². The number of hydrogen-bond acceptors (Lipinski definition) is 5. The standard InChI is InChI=1S/C25H27NO5/c1-18-16-22(19(2)26(18)14-9-15-29-3)23(27)17-30-25(28)21-12-7-8-13-24(21)31-20-10-5-4-6-11-20/h4-8,10-13,16H,9,14-15,17H2,1-3H3. The van der Waals surface area contributed by atoms with Crippen LogP contribution in [-0.4, -0.2) is 36.6 Å². The highest BCUT2D eigenvalue weighted by molar-refractivity contribution is 6.01. The van der Waals surface area contributed by atoms with E-state index in [4.69, 9.17) is 14.2 Å². The number of esters is 1. The SMILES string of the molecule is COCCCn1c(C)cc(C(=O)COC(=O)c2ccccc2Oc2ccccc2)c1C. The third-order valence-corrected chi connectivity index (χ3v) is 5.02. The number of benzene rings is 2. The molecule has 2 aromatic carbocycles. The van der Waals surface area contributed by atoms with Gasteiger partial charge in [0.2, 0.25) is 5.78 Å². The predicted octanol–water partition coefficient (Wildman–Crippen LogP) is 4.97. The third kappa shape index (κ3) is 5.61. The van der Waals surface area contributed by atoms with Gasteiger partial charge in [-0.05, 0) is 50.6 Å². The lowest BCUT2D eigenvalue weighted by atomic mass is 10.1. The van der Waals surface area contributed by atoms with Crippen LogP contribution in [0, 0.1) is 13.8 Å². The Morgan fingerprint density at radius 3 is 2.39 bits per heavy atom. The second-order valence-corrected chi connectivity index (χ2v) is 7.19. The van der Waals surface area contributed by atoms with Gasteiger partial charge in [0.05, 0.1) is 0 Å². The highest BCUT2D eigenvalue weighted by Gasteiger charge is 2.19. The van der Waals surface area contributed by atoms with E-state index in [0.717, 1.165) is 24.4 Å². The van der Waals surface area contributed by atoms with Crippen LogP contribution in [0.15, 0.2) is 60.7 Å². The molecule has 0 spiro atoms. The van der Waals surface area contributed by atoms with Crippen molar-refractivity contribution in [3.05, 3.63) is 83.2 Å². The zero-order valence-electron chi connectivity index (χ0n) is 18.1. The van der Waals surface area contributed by atoms with Crippen LogP contribution >= 0.6 is 0 Å². The number of ketones is 1. The van der Waals surface area contributed by atoms with E-state index in [1.54, 1.807) is 43.5 Å². The van der Waals surface area contributed by atoms with Crippen molar-refractivity contribution >= 4 is 11.8 Å². The van der Waals surface area contributed by atoms with E-state index in [-0.39, 0.29) is 18.0 Å². The van der Waals surface area contributed by atoms with Gasteiger partial charge in [0.15, 0.2) is 6.61 Å². The molecular formula is C25H27NO5. The summed E-state index contributed by atoms with van der Waals surface area (Å²) in [6, 6.07) is 17.8. The van der Waals surface area contributed by atoms with Crippen molar-refractivity contribution in [3.8, 4) is 11.5 Å². The van der Waals surface area contributed by atoms with Crippen molar-refractivity contribution in [3.63, 3.8) is 0 Å². The lowest BCUT2D eigenvalue weighted by molar-refractivity contribution is 0.0472. The van der Waals surface area contributed by atoms with E-state index < -0.39 is 5.97 Å². The van der Waals surface area contributed by atoms with Gasteiger partial charge in [0.1, 0.15) is 17.1 Å². The summed E-state index contributed by atoms with van der Waals surface area (Å²) in [6.45, 7) is 4.95. The van der Waals surface area contributed by atoms with Gasteiger partial charge in [0.25, 0.3) is 0 Å². The van der Waals surface area contributed by atoms with E-state index in [1.807, 2.05) is 38.1 Å². The van der Waals surface area contributed by atoms with Crippen LogP contribution in [0.5, 0.6) is 11.5 Å². The molecule has 162 valence electrons. The quantitative estimate of drug-likeness (QED) is 0.263. The minimum atomic E-state index is -0.603. The van der Waals surface area contributed by atoms with Crippen molar-refractivity contribution in [2.45, 2.75) is 26.8 Å². The molecule has 0 aliphatic heterocycles. The molecule has 0 amide bonds. The molecule has 0 unspecified atom stereocenters. The molecule has 3 aromatic rings. The second-order valence-electron chi connectivity index (χ2n) is 7.19. The number of carbonyl (C=O) groups excluding carboxylic acids is 2. The van der Waals surface area contributed by atoms with Gasteiger partial charge in [-0.1, -0.05) is 30.3 Å². The number of para-hydroxylation sites is 2. The molecule has 0 N–H and O–H groups in total. The molecule has 0 bridgehead atoms. The topological polar surface area (TPSA) is 66.8 Å². The average molecular weight is 421 g/mol. The summed E-state index contributed by atoms with van der Waals surface area (Å²) in [6.07, 6.45) is 0.855. The predicted molar refractivity (Wildman–Crippen MR) is 118 cm³/mol. The van der Waals surface area contributed by atoms with E-state index in [0.29, 0.717) is 23.7 Å². The number of nitrogens with zero attached hydrogens (tertiary/aromatic N) is 1. The fraction of sp³-hybridized carbons (Fsp3) is 0.280. The Kier molecular flexibility index (Phi) is 7.62. The maximum Gasteiger partial charge on any atom is 0.342 e. The molecule has 0 saturated heterocycles. The summed E-state index contributed by atoms with van der Waals surface area (Å²) in [5.74, 6) is 0.150. The number of aryl methyl sites for hydroxylation is 1. The van der Waals surface area contributed by atoms with Gasteiger partial charge >= 0.3 is 5.97 Å². The number of rotatable bonds is 10. The van der Waals surface area contributed by atoms with Crippen molar-refractivity contribution < 1.29 is 23.8 Å². The molecule has 0 saturated carbocycles. The number of ether oxygens (including phenoxy) is 3. The number of methoxy groups -OCH3 is 1. The molecule has 0 aliphatic carbocycles. The van der Waals surface area contributed by atoms with Gasteiger partial charge in [-0.2, -0.15) is 0 Å². The minimum absolute atomic E-state index is 0.235. The Balaban J connectivity index is 1.66. The first kappa shape index (κ1) is 22.3. The van der Waals surface area contributed by atoms with Gasteiger partial charge in [0, 0.05) is 37.2 Å². The van der Waals surface area contributed by atoms with Crippen LogP contribution in [0.1, 0.15) is 38.5 Å². The number of Topliss-reactive ketones (excluding diaryl/α,β-unsaturated/α-hetero) is 1. The normalized spacial score (nSPS) is 10.7. The van der Waals surface area contributed by atoms with Crippen LogP contribution in [-0.2, 0) is 16.0 Å². The van der Waals surface area contributed by atoms with E-state index in [9.17, 15) is 9.59 Å². The Labute approximate surface area is 182 Å². The molecule has 0 radical (unpaired) electrons. The summed E-state index contributed by atoms with van der Waals surface area (Å²) in [4.78, 5) is 25.4. The van der Waals surface area contributed by atoms with Gasteiger partial charge in [-0.25, -0.2) is 4.79 Å². The molecule has 0 fully saturated rings. The summed E-state index contributed by atoms with van der Waals surface area (Å²) >= 11 is 0. The fourth-order valence-electron chi connectivity index (χ4n) is 3.42. The number of carbonyl (C=O) groups is 2. The number of aromatic nitrogens is 1. The summed E-state index contributed by atoms with van der Waals surface area (Å²) in [7, 11) is 1.67. The van der Waals surface area contributed by atoms with Crippen molar-refractivity contribution in [1.29, 1.82) is 0 Å². The largest absolute Gasteiger partial charge is 0.456 e. The maximum atomic E-state index is 12.7. The number of hydrogen-bond donors (Lipinski definition) is 0. The monoisotopic (exact) mass is 421 g/mol. The Morgan fingerprint density at radius 1 is 0.935 bits per heavy atom. The maximum absolute atomic E-state index is 12.7. The fourth-order valence-corrected chi connectivity index (χ4v) is 3.42. The highest BCUT2D eigenvalue weighted by Crippen LogP contribution is 2.26. The van der Waals surface area contributed by atoms with E-state index >= 15 is 0 Å². The molecule has 0 atom stereocenters. The lowest BCUT2D eigenvalue weighted by Gasteiger charge is -2.11. The minimum Gasteiger partial charge on any atom is -0.456 e. The van der Waals surface area contributed by atoms with E-state index in [2.05, 4.69) is 4.57 Å². The molecule has 31 heavy (non-hydrogen) atoms. The van der Waals surface area contributed by atoms with Crippen LogP contribution in [0.25, 0.3) is 0 Å². The summed E-state index contributed by atoms with van der Waals surface area (Å²) in [5.41, 5.74) is 2.69. The zero-order valence-corrected chi connectivity index (χ0v) is 18.1. The Bertz CT molecular complexity index is 1040. The molecule has 0 aliphatic rings. The van der Waals surface area contributed by atoms with Crippen LogP contribution < -0.4 is 4.74 Å². The Morgan fingerprint density at radius 2 is 1.65 bits per heavy atom. The first-order valence-corrected chi connectivity index (χ1v) is 10.2. The second kappa shape index (κ2) is 10.6. The molecule has 1 heterocycles. The van der Waals surface area contributed by atoms with Crippen molar-refractivity contribution in [2.24, 2.45) is 0 Å². The highest BCUT2D eigenvalue weighted by atomic mass is 16.5. The van der Waals surface area contributed by atoms with Crippen LogP contribution in [0.2, 0.25) is 0 Å². The Hall–Kier alpha value is -3.38. The molecule has 3 rings (SSSR count). The van der Waals surface area contributed by atoms with E-state index in [1.165, 1.54) is 0 Å². The van der Waals surface area contributed by atoms with Crippen LogP contribution in [0.4, 0.5) is 0 Å². The van der Waals surface area contributed by atoms with Gasteiger partial charge < -0.3 is 18.8 Å². The molecule has 6 nitrogen and oxygen atoms in total. The first-order valence-electron chi connectivity index (χ1n) is 10.2. The van der Waals surface area contributed by atoms with Crippen molar-refractivity contribution in [2.75, 3.05) is 20.3 Å². The third-order valence-electron chi connectivity index (χ3n) is 5.02. The molecule has 1 aromatic heterocycles. The van der Waals surface area contributed by atoms with Crippen LogP contribution in [0.3, 0.4) is 0 Å². The lowest BCUT2D eigenvalue weighted by Crippen LogP contribution is -2.15. The zero-order chi connectivity index (χ0) is 22.2.